The summed E-state index contributed by atoms with van der Waals surface area (Å²) >= 11 is 6.08. The Morgan fingerprint density at radius 1 is 1.39 bits per heavy atom. The van der Waals surface area contributed by atoms with E-state index in [0.717, 1.165) is 4.68 Å². The van der Waals surface area contributed by atoms with Crippen LogP contribution in [0.15, 0.2) is 36.5 Å². The van der Waals surface area contributed by atoms with E-state index in [-0.39, 0.29) is 16.4 Å². The number of nitrogens with two attached hydrogens (primary N) is 1. The molecule has 0 bridgehead atoms. The molecule has 3 aromatic rings. The molecule has 0 aliphatic heterocycles. The summed E-state index contributed by atoms with van der Waals surface area (Å²) in [5, 5.41) is 27.7. The summed E-state index contributed by atoms with van der Waals surface area (Å²) in [5.74, 6) is -0.775. The monoisotopic (exact) mass is 400 g/mol. The smallest absolute Gasteiger partial charge is 0.269 e. The minimum absolute atomic E-state index is 0.0677. The number of aliphatic hydroxyl groups is 1. The lowest BCUT2D eigenvalue weighted by Gasteiger charge is -2.17. The summed E-state index contributed by atoms with van der Waals surface area (Å²) in [6.45, 7) is 0.976. The molecule has 2 heterocycles. The summed E-state index contributed by atoms with van der Waals surface area (Å²) < 4.78 is 19.5. The predicted octanol–water partition coefficient (Wildman–Crippen LogP) is 2.69. The van der Waals surface area contributed by atoms with Crippen LogP contribution in [-0.4, -0.2) is 30.6 Å². The number of aliphatic hydroxyl groups excluding tert-OH is 1. The van der Waals surface area contributed by atoms with E-state index in [1.54, 1.807) is 31.2 Å². The number of rotatable bonds is 6. The van der Waals surface area contributed by atoms with Gasteiger partial charge in [0.1, 0.15) is 11.8 Å². The van der Waals surface area contributed by atoms with Crippen molar-refractivity contribution in [3.8, 4) is 17.3 Å². The second kappa shape index (κ2) is 7.84. The Kier molecular flexibility index (Phi) is 4.76. The van der Waals surface area contributed by atoms with Crippen molar-refractivity contribution in [1.82, 2.24) is 19.6 Å². The molecule has 0 fully saturated rings. The van der Waals surface area contributed by atoms with Crippen molar-refractivity contribution < 1.29 is 12.6 Å². The van der Waals surface area contributed by atoms with Crippen LogP contribution < -0.4 is 5.73 Å². The quantitative estimate of drug-likeness (QED) is 0.658. The van der Waals surface area contributed by atoms with E-state index >= 15 is 0 Å². The molecule has 2 atom stereocenters. The normalized spacial score (nSPS) is 14.7. The van der Waals surface area contributed by atoms with Crippen molar-refractivity contribution in [2.24, 2.45) is 5.73 Å². The standard InChI is InChI=1S/C19H19ClN6O2/c1-11(26-18(12(2)27)8-17(24-26)19(22)28)10-25-6-5-16(23-25)13-3-4-14(9-21)15(20)7-13/h3-8,11-12,27H,10H2,1-2H3,(H2,22,28)/t11-,12?/m0/s1/i10D2. The highest BCUT2D eigenvalue weighted by molar-refractivity contribution is 6.32. The summed E-state index contributed by atoms with van der Waals surface area (Å²) in [5.41, 5.74) is 6.89. The van der Waals surface area contributed by atoms with Crippen LogP contribution in [0.3, 0.4) is 0 Å². The molecule has 0 aliphatic carbocycles. The SMILES string of the molecule is [2H]C([2H])([C@H](C)n1nc(C(N)=O)cc1C(C)O)n1ccc(-c2ccc(C#N)c(Cl)c2)n1. The van der Waals surface area contributed by atoms with Gasteiger partial charge in [0.15, 0.2) is 0 Å². The largest absolute Gasteiger partial charge is 0.387 e. The highest BCUT2D eigenvalue weighted by Crippen LogP contribution is 2.25. The number of halogens is 1. The molecule has 0 spiro atoms. The number of amides is 1. The van der Waals surface area contributed by atoms with E-state index in [9.17, 15) is 9.90 Å². The molecule has 28 heavy (non-hydrogen) atoms. The van der Waals surface area contributed by atoms with Crippen LogP contribution in [0, 0.1) is 11.3 Å². The third-order valence-electron chi connectivity index (χ3n) is 4.11. The Hall–Kier alpha value is -3.15. The molecule has 3 N–H and O–H groups in total. The molecule has 1 unspecified atom stereocenters. The molecule has 0 saturated carbocycles. The minimum atomic E-state index is -2.07. The molecule has 1 aromatic carbocycles. The van der Waals surface area contributed by atoms with Gasteiger partial charge in [-0.15, -0.1) is 0 Å². The molecule has 9 heteroatoms. The third-order valence-corrected chi connectivity index (χ3v) is 4.42. The number of benzene rings is 1. The summed E-state index contributed by atoms with van der Waals surface area (Å²) in [4.78, 5) is 11.5. The van der Waals surface area contributed by atoms with E-state index in [0.29, 0.717) is 16.8 Å². The van der Waals surface area contributed by atoms with Gasteiger partial charge in [-0.1, -0.05) is 17.7 Å². The Balaban J connectivity index is 1.98. The van der Waals surface area contributed by atoms with Gasteiger partial charge >= 0.3 is 0 Å². The fourth-order valence-electron chi connectivity index (χ4n) is 2.71. The van der Waals surface area contributed by atoms with Crippen LogP contribution in [0.5, 0.6) is 0 Å². The van der Waals surface area contributed by atoms with Crippen LogP contribution >= 0.6 is 11.6 Å². The van der Waals surface area contributed by atoms with Crippen LogP contribution in [0.1, 0.15) is 50.5 Å². The van der Waals surface area contributed by atoms with Crippen molar-refractivity contribution in [2.45, 2.75) is 32.5 Å². The number of nitriles is 1. The number of carbonyl (C=O) groups excluding carboxylic acids is 1. The van der Waals surface area contributed by atoms with Crippen LogP contribution in [0.25, 0.3) is 11.3 Å². The summed E-state index contributed by atoms with van der Waals surface area (Å²) in [6.07, 6.45) is 0.483. The number of primary amides is 1. The third kappa shape index (κ3) is 3.91. The van der Waals surface area contributed by atoms with Gasteiger partial charge in [-0.05, 0) is 38.1 Å². The number of nitrogens with zero attached hydrogens (tertiary/aromatic N) is 5. The molecule has 3 rings (SSSR count). The number of hydrogen-bond donors (Lipinski definition) is 2. The zero-order valence-electron chi connectivity index (χ0n) is 17.2. The summed E-state index contributed by atoms with van der Waals surface area (Å²) in [6, 6.07) is 8.83. The van der Waals surface area contributed by atoms with Gasteiger partial charge in [0.25, 0.3) is 5.91 Å². The fourth-order valence-corrected chi connectivity index (χ4v) is 2.94. The molecule has 144 valence electrons. The Morgan fingerprint density at radius 3 is 2.75 bits per heavy atom. The van der Waals surface area contributed by atoms with E-state index < -0.39 is 24.5 Å². The average Bonchev–Trinajstić information content (AvgIpc) is 3.35. The Labute approximate surface area is 169 Å². The molecule has 2 aromatic heterocycles. The van der Waals surface area contributed by atoms with Gasteiger partial charge in [-0.2, -0.15) is 15.5 Å². The average molecular weight is 401 g/mol. The minimum Gasteiger partial charge on any atom is -0.387 e. The number of aromatic nitrogens is 4. The van der Waals surface area contributed by atoms with Crippen LogP contribution in [0.2, 0.25) is 5.02 Å². The molecule has 1 amide bonds. The second-order valence-electron chi connectivity index (χ2n) is 6.20. The summed E-state index contributed by atoms with van der Waals surface area (Å²) in [7, 11) is 0. The van der Waals surface area contributed by atoms with E-state index in [2.05, 4.69) is 10.2 Å². The van der Waals surface area contributed by atoms with Crippen molar-refractivity contribution in [1.29, 1.82) is 5.26 Å². The Bertz CT molecular complexity index is 1150. The molecular formula is C19H19ClN6O2. The second-order valence-corrected chi connectivity index (χ2v) is 6.60. The van der Waals surface area contributed by atoms with Gasteiger partial charge in [0.05, 0.1) is 43.4 Å². The van der Waals surface area contributed by atoms with Gasteiger partial charge in [0.2, 0.25) is 0 Å². The topological polar surface area (TPSA) is 123 Å². The van der Waals surface area contributed by atoms with Crippen molar-refractivity contribution in [3.05, 3.63) is 58.5 Å². The first-order valence-electron chi connectivity index (χ1n) is 9.39. The van der Waals surface area contributed by atoms with Crippen LogP contribution in [0.4, 0.5) is 0 Å². The number of hydrogen-bond acceptors (Lipinski definition) is 5. The zero-order chi connectivity index (χ0) is 22.2. The van der Waals surface area contributed by atoms with Crippen molar-refractivity contribution in [3.63, 3.8) is 0 Å². The van der Waals surface area contributed by atoms with Gasteiger partial charge < -0.3 is 10.8 Å². The first-order chi connectivity index (χ1) is 14.1. The molecule has 8 nitrogen and oxygen atoms in total. The van der Waals surface area contributed by atoms with Gasteiger partial charge in [0, 0.05) is 11.8 Å². The zero-order valence-corrected chi connectivity index (χ0v) is 15.9. The van der Waals surface area contributed by atoms with Crippen molar-refractivity contribution in [2.75, 3.05) is 0 Å². The Morgan fingerprint density at radius 2 is 2.14 bits per heavy atom. The number of carbonyl (C=O) groups is 1. The lowest BCUT2D eigenvalue weighted by Crippen LogP contribution is -2.19. The van der Waals surface area contributed by atoms with Crippen molar-refractivity contribution >= 4 is 17.5 Å². The maximum atomic E-state index is 11.5. The highest BCUT2D eigenvalue weighted by Gasteiger charge is 2.19. The first-order valence-corrected chi connectivity index (χ1v) is 8.77. The molecule has 0 saturated heterocycles. The lowest BCUT2D eigenvalue weighted by molar-refractivity contribution is 0.0994. The van der Waals surface area contributed by atoms with Gasteiger partial charge in [-0.25, -0.2) is 0 Å². The molecular weight excluding hydrogens is 380 g/mol. The van der Waals surface area contributed by atoms with E-state index in [1.165, 1.54) is 23.9 Å². The first kappa shape index (κ1) is 17.0. The lowest BCUT2D eigenvalue weighted by atomic mass is 10.1. The molecule has 0 aliphatic rings. The molecule has 0 radical (unpaired) electrons. The fraction of sp³-hybridized carbons (Fsp3) is 0.263. The van der Waals surface area contributed by atoms with E-state index in [1.807, 2.05) is 6.07 Å². The maximum Gasteiger partial charge on any atom is 0.269 e. The predicted molar refractivity (Wildman–Crippen MR) is 103 cm³/mol. The maximum absolute atomic E-state index is 11.5. The van der Waals surface area contributed by atoms with Crippen LogP contribution in [-0.2, 0) is 6.50 Å². The van der Waals surface area contributed by atoms with E-state index in [4.69, 9.17) is 25.3 Å². The van der Waals surface area contributed by atoms with Gasteiger partial charge in [-0.3, -0.25) is 14.2 Å². The highest BCUT2D eigenvalue weighted by atomic mass is 35.5.